The van der Waals surface area contributed by atoms with Crippen molar-refractivity contribution in [1.29, 1.82) is 5.26 Å². The number of fused-ring (bicyclic) bond motifs is 1. The Morgan fingerprint density at radius 1 is 1.21 bits per heavy atom. The molecule has 29 heavy (non-hydrogen) atoms. The van der Waals surface area contributed by atoms with Crippen LogP contribution in [-0.2, 0) is 4.79 Å². The molecule has 7 heteroatoms. The van der Waals surface area contributed by atoms with Gasteiger partial charge in [-0.3, -0.25) is 19.1 Å². The van der Waals surface area contributed by atoms with Gasteiger partial charge in [0.05, 0.1) is 22.7 Å². The molecule has 3 rings (SSSR count). The quantitative estimate of drug-likeness (QED) is 0.336. The first-order valence-corrected chi connectivity index (χ1v) is 10.4. The third-order valence-corrected chi connectivity index (χ3v) is 5.67. The zero-order valence-corrected chi connectivity index (χ0v) is 17.2. The molecule has 0 N–H and O–H groups in total. The van der Waals surface area contributed by atoms with Crippen molar-refractivity contribution in [3.05, 3.63) is 65.0 Å². The molecule has 0 bridgehead atoms. The van der Waals surface area contributed by atoms with Crippen molar-refractivity contribution in [2.45, 2.75) is 31.5 Å². The highest BCUT2D eigenvalue weighted by molar-refractivity contribution is 7.99. The van der Waals surface area contributed by atoms with Crippen molar-refractivity contribution in [2.24, 2.45) is 0 Å². The molecule has 0 unspecified atom stereocenters. The molecule has 0 spiro atoms. The van der Waals surface area contributed by atoms with Crippen LogP contribution in [0.15, 0.2) is 64.5 Å². The minimum absolute atomic E-state index is 0.0350. The van der Waals surface area contributed by atoms with Gasteiger partial charge >= 0.3 is 0 Å². The fraction of sp³-hybridized carbons (Fsp3) is 0.273. The van der Waals surface area contributed by atoms with Gasteiger partial charge in [-0.25, -0.2) is 4.98 Å². The molecule has 0 saturated carbocycles. The van der Waals surface area contributed by atoms with Crippen molar-refractivity contribution in [2.75, 3.05) is 17.2 Å². The monoisotopic (exact) mass is 406 g/mol. The first kappa shape index (κ1) is 20.6. The summed E-state index contributed by atoms with van der Waals surface area (Å²) in [5.74, 6) is -0.126. The van der Waals surface area contributed by atoms with Crippen LogP contribution in [0.2, 0.25) is 0 Å². The summed E-state index contributed by atoms with van der Waals surface area (Å²) in [6.07, 6.45) is 0.770. The Morgan fingerprint density at radius 2 is 1.90 bits per heavy atom. The molecular weight excluding hydrogens is 384 g/mol. The number of hydrogen-bond acceptors (Lipinski definition) is 5. The zero-order valence-electron chi connectivity index (χ0n) is 16.4. The van der Waals surface area contributed by atoms with Gasteiger partial charge in [0.25, 0.3) is 5.56 Å². The van der Waals surface area contributed by atoms with E-state index in [1.807, 2.05) is 50.2 Å². The molecule has 0 saturated heterocycles. The van der Waals surface area contributed by atoms with E-state index in [2.05, 4.69) is 4.98 Å². The maximum atomic E-state index is 13.0. The summed E-state index contributed by atoms with van der Waals surface area (Å²) in [4.78, 5) is 32.0. The highest BCUT2D eigenvalue weighted by Gasteiger charge is 2.19. The summed E-state index contributed by atoms with van der Waals surface area (Å²) in [5, 5.41) is 10.2. The van der Waals surface area contributed by atoms with Gasteiger partial charge in [0.15, 0.2) is 5.16 Å². The highest BCUT2D eigenvalue weighted by Crippen LogP contribution is 2.23. The van der Waals surface area contributed by atoms with Gasteiger partial charge in [-0.05, 0) is 37.6 Å². The van der Waals surface area contributed by atoms with E-state index in [4.69, 9.17) is 5.26 Å². The molecule has 2 aromatic carbocycles. The number of anilines is 1. The van der Waals surface area contributed by atoms with Gasteiger partial charge < -0.3 is 0 Å². The lowest BCUT2D eigenvalue weighted by atomic mass is 10.2. The van der Waals surface area contributed by atoms with Crippen molar-refractivity contribution in [3.63, 3.8) is 0 Å². The largest absolute Gasteiger partial charge is 0.298 e. The van der Waals surface area contributed by atoms with Crippen LogP contribution in [0.4, 0.5) is 5.69 Å². The Morgan fingerprint density at radius 3 is 2.59 bits per heavy atom. The van der Waals surface area contributed by atoms with Gasteiger partial charge in [-0.2, -0.15) is 5.26 Å². The number of carbonyl (C=O) groups excluding carboxylic acids is 1. The number of carbonyl (C=O) groups is 1. The molecule has 1 atom stereocenters. The molecule has 0 fully saturated rings. The van der Waals surface area contributed by atoms with E-state index in [0.717, 1.165) is 6.42 Å². The second kappa shape index (κ2) is 9.39. The Kier molecular flexibility index (Phi) is 6.68. The normalized spacial score (nSPS) is 11.8. The van der Waals surface area contributed by atoms with Gasteiger partial charge in [0.2, 0.25) is 5.91 Å². The summed E-state index contributed by atoms with van der Waals surface area (Å²) >= 11 is 1.23. The molecule has 148 valence electrons. The maximum Gasteiger partial charge on any atom is 0.262 e. The fourth-order valence-corrected chi connectivity index (χ4v) is 3.98. The molecular formula is C22H22N4O2S. The topological polar surface area (TPSA) is 79.0 Å². The molecule has 6 nitrogen and oxygen atoms in total. The summed E-state index contributed by atoms with van der Waals surface area (Å²) in [6.45, 7) is 3.94. The number of nitrogens with zero attached hydrogens (tertiary/aromatic N) is 4. The number of para-hydroxylation sites is 2. The van der Waals surface area contributed by atoms with E-state index in [1.54, 1.807) is 28.8 Å². The second-order valence-corrected chi connectivity index (χ2v) is 7.55. The average Bonchev–Trinajstić information content (AvgIpc) is 2.76. The Balaban J connectivity index is 1.92. The van der Waals surface area contributed by atoms with Crippen molar-refractivity contribution < 1.29 is 4.79 Å². The maximum absolute atomic E-state index is 13.0. The van der Waals surface area contributed by atoms with E-state index in [1.165, 1.54) is 16.7 Å². The minimum atomic E-state index is -0.208. The lowest BCUT2D eigenvalue weighted by Crippen LogP contribution is -2.33. The number of nitriles is 1. The summed E-state index contributed by atoms with van der Waals surface area (Å²) in [7, 11) is 0. The van der Waals surface area contributed by atoms with Crippen molar-refractivity contribution in [3.8, 4) is 6.07 Å². The molecule has 0 aliphatic rings. The van der Waals surface area contributed by atoms with Gasteiger partial charge in [0.1, 0.15) is 6.54 Å². The van der Waals surface area contributed by atoms with Crippen LogP contribution in [0.5, 0.6) is 0 Å². The van der Waals surface area contributed by atoms with E-state index in [-0.39, 0.29) is 29.8 Å². The third-order valence-electron chi connectivity index (χ3n) is 4.73. The van der Waals surface area contributed by atoms with Crippen LogP contribution in [0.3, 0.4) is 0 Å². The molecule has 0 aliphatic heterocycles. The van der Waals surface area contributed by atoms with Gasteiger partial charge in [-0.15, -0.1) is 0 Å². The Bertz CT molecular complexity index is 1110. The van der Waals surface area contributed by atoms with E-state index < -0.39 is 0 Å². The summed E-state index contributed by atoms with van der Waals surface area (Å²) in [6, 6.07) is 18.3. The van der Waals surface area contributed by atoms with Crippen molar-refractivity contribution in [1.82, 2.24) is 9.55 Å². The Hall–Kier alpha value is -3.11. The van der Waals surface area contributed by atoms with E-state index in [0.29, 0.717) is 21.7 Å². The average molecular weight is 407 g/mol. The highest BCUT2D eigenvalue weighted by atomic mass is 32.2. The minimum Gasteiger partial charge on any atom is -0.298 e. The lowest BCUT2D eigenvalue weighted by molar-refractivity contribution is -0.116. The molecule has 1 aromatic heterocycles. The summed E-state index contributed by atoms with van der Waals surface area (Å²) in [5.41, 5.74) is 1.19. The first-order chi connectivity index (χ1) is 14.1. The number of thioether (sulfide) groups is 1. The zero-order chi connectivity index (χ0) is 20.8. The first-order valence-electron chi connectivity index (χ1n) is 9.43. The van der Waals surface area contributed by atoms with Gasteiger partial charge in [0, 0.05) is 11.7 Å². The number of hydrogen-bond donors (Lipinski definition) is 0. The molecule has 1 amide bonds. The fourth-order valence-electron chi connectivity index (χ4n) is 3.00. The third kappa shape index (κ3) is 4.49. The molecule has 0 aliphatic carbocycles. The molecule has 3 aromatic rings. The van der Waals surface area contributed by atoms with Crippen LogP contribution in [-0.4, -0.2) is 27.8 Å². The van der Waals surface area contributed by atoms with E-state index >= 15 is 0 Å². The number of aromatic nitrogens is 2. The van der Waals surface area contributed by atoms with Crippen LogP contribution in [0.1, 0.15) is 26.3 Å². The van der Waals surface area contributed by atoms with Crippen LogP contribution < -0.4 is 10.5 Å². The number of rotatable bonds is 7. The van der Waals surface area contributed by atoms with Crippen LogP contribution in [0, 0.1) is 11.3 Å². The number of amides is 1. The predicted molar refractivity (Wildman–Crippen MR) is 116 cm³/mol. The smallest absolute Gasteiger partial charge is 0.262 e. The van der Waals surface area contributed by atoms with E-state index in [9.17, 15) is 9.59 Å². The number of benzene rings is 2. The van der Waals surface area contributed by atoms with Crippen LogP contribution in [0.25, 0.3) is 10.9 Å². The summed E-state index contributed by atoms with van der Waals surface area (Å²) < 4.78 is 1.66. The molecule has 1 heterocycles. The van der Waals surface area contributed by atoms with Crippen molar-refractivity contribution >= 4 is 34.3 Å². The second-order valence-electron chi connectivity index (χ2n) is 6.61. The molecule has 0 radical (unpaired) electrons. The van der Waals surface area contributed by atoms with Gasteiger partial charge in [-0.1, -0.05) is 49.0 Å². The SMILES string of the molecule is CC[C@H](C)n1c(SCC(=O)N(CC#N)c2ccccc2)nc2ccccc2c1=O. The lowest BCUT2D eigenvalue weighted by Gasteiger charge is -2.21. The standard InChI is InChI=1S/C22H22N4O2S/c1-3-16(2)26-21(28)18-11-7-8-12-19(18)24-22(26)29-15-20(27)25(14-13-23)17-9-5-4-6-10-17/h4-12,16H,3,14-15H2,1-2H3/t16-/m0/s1. The van der Waals surface area contributed by atoms with Crippen LogP contribution >= 0.6 is 11.8 Å². The predicted octanol–water partition coefficient (Wildman–Crippen LogP) is 4.02. The Labute approximate surface area is 173 Å².